The molecule has 0 saturated heterocycles. The quantitative estimate of drug-likeness (QED) is 0.363. The van der Waals surface area contributed by atoms with Crippen LogP contribution in [0.5, 0.6) is 11.5 Å². The topological polar surface area (TPSA) is 162 Å². The van der Waals surface area contributed by atoms with Crippen molar-refractivity contribution >= 4 is 33.4 Å². The van der Waals surface area contributed by atoms with Crippen LogP contribution in [0.2, 0.25) is 0 Å². The van der Waals surface area contributed by atoms with Crippen molar-refractivity contribution in [2.75, 3.05) is 18.5 Å². The standard InChI is InChI=1S/C20H22N2O8S/c1-2-29-18-11-13(3-8-17(18)24)16(23)9-10-20(26)30-12-19(25)22-14-4-6-15(7-5-14)31(21,27)28/h3-8,11,24H,2,9-10,12H2,1H3,(H,22,25)(H2,21,27,28). The molecule has 31 heavy (non-hydrogen) atoms. The molecule has 0 spiro atoms. The first-order valence-electron chi connectivity index (χ1n) is 9.17. The van der Waals surface area contributed by atoms with Gasteiger partial charge in [0, 0.05) is 17.7 Å². The molecule has 10 nitrogen and oxygen atoms in total. The Morgan fingerprint density at radius 1 is 1.06 bits per heavy atom. The highest BCUT2D eigenvalue weighted by Crippen LogP contribution is 2.27. The van der Waals surface area contributed by atoms with E-state index in [2.05, 4.69) is 5.32 Å². The van der Waals surface area contributed by atoms with Gasteiger partial charge < -0.3 is 19.9 Å². The first-order valence-corrected chi connectivity index (χ1v) is 10.7. The summed E-state index contributed by atoms with van der Waals surface area (Å²) in [5.41, 5.74) is 0.566. The van der Waals surface area contributed by atoms with Crippen molar-refractivity contribution in [3.05, 3.63) is 48.0 Å². The zero-order chi connectivity index (χ0) is 23.0. The van der Waals surface area contributed by atoms with Crippen molar-refractivity contribution in [3.8, 4) is 11.5 Å². The maximum Gasteiger partial charge on any atom is 0.306 e. The normalized spacial score (nSPS) is 10.9. The van der Waals surface area contributed by atoms with Gasteiger partial charge >= 0.3 is 5.97 Å². The number of carbonyl (C=O) groups excluding carboxylic acids is 3. The largest absolute Gasteiger partial charge is 0.504 e. The van der Waals surface area contributed by atoms with E-state index < -0.39 is 28.5 Å². The number of carbonyl (C=O) groups is 3. The Bertz CT molecular complexity index is 1070. The minimum atomic E-state index is -3.84. The lowest BCUT2D eigenvalue weighted by Gasteiger charge is -2.08. The summed E-state index contributed by atoms with van der Waals surface area (Å²) >= 11 is 0. The molecule has 0 aliphatic carbocycles. The van der Waals surface area contributed by atoms with E-state index in [1.165, 1.54) is 42.5 Å². The van der Waals surface area contributed by atoms with E-state index in [0.29, 0.717) is 12.3 Å². The second-order valence-corrected chi connectivity index (χ2v) is 7.88. The van der Waals surface area contributed by atoms with Crippen molar-refractivity contribution in [2.24, 2.45) is 5.14 Å². The molecule has 2 aromatic carbocycles. The summed E-state index contributed by atoms with van der Waals surface area (Å²) in [6.45, 7) is 1.48. The summed E-state index contributed by atoms with van der Waals surface area (Å²) in [6.07, 6.45) is -0.383. The zero-order valence-corrected chi connectivity index (χ0v) is 17.5. The van der Waals surface area contributed by atoms with Crippen molar-refractivity contribution in [1.82, 2.24) is 0 Å². The van der Waals surface area contributed by atoms with Gasteiger partial charge in [0.2, 0.25) is 10.0 Å². The van der Waals surface area contributed by atoms with E-state index in [-0.39, 0.29) is 40.6 Å². The van der Waals surface area contributed by atoms with Gasteiger partial charge in [-0.2, -0.15) is 0 Å². The van der Waals surface area contributed by atoms with Crippen LogP contribution in [-0.2, 0) is 24.3 Å². The first-order chi connectivity index (χ1) is 14.6. The smallest absolute Gasteiger partial charge is 0.306 e. The molecule has 0 aliphatic rings. The van der Waals surface area contributed by atoms with E-state index in [1.54, 1.807) is 6.92 Å². The molecule has 2 rings (SSSR count). The molecule has 0 radical (unpaired) electrons. The highest BCUT2D eigenvalue weighted by atomic mass is 32.2. The van der Waals surface area contributed by atoms with Crippen molar-refractivity contribution in [3.63, 3.8) is 0 Å². The van der Waals surface area contributed by atoms with Crippen LogP contribution in [-0.4, -0.2) is 44.4 Å². The molecule has 0 unspecified atom stereocenters. The number of amides is 1. The lowest BCUT2D eigenvalue weighted by atomic mass is 10.1. The van der Waals surface area contributed by atoms with Crippen LogP contribution < -0.4 is 15.2 Å². The van der Waals surface area contributed by atoms with Crippen molar-refractivity contribution in [2.45, 2.75) is 24.7 Å². The summed E-state index contributed by atoms with van der Waals surface area (Å²) in [5, 5.41) is 17.1. The predicted octanol–water partition coefficient (Wildman–Crippen LogP) is 1.58. The molecule has 0 heterocycles. The molecule has 0 atom stereocenters. The SMILES string of the molecule is CCOc1cc(C(=O)CCC(=O)OCC(=O)Nc2ccc(S(N)(=O)=O)cc2)ccc1O. The van der Waals surface area contributed by atoms with Gasteiger partial charge in [-0.25, -0.2) is 13.6 Å². The molecule has 0 fully saturated rings. The third-order valence-electron chi connectivity index (χ3n) is 3.97. The monoisotopic (exact) mass is 450 g/mol. The number of phenols is 1. The highest BCUT2D eigenvalue weighted by Gasteiger charge is 2.14. The fourth-order valence-corrected chi connectivity index (χ4v) is 2.98. The lowest BCUT2D eigenvalue weighted by molar-refractivity contribution is -0.147. The molecule has 4 N–H and O–H groups in total. The maximum atomic E-state index is 12.2. The van der Waals surface area contributed by atoms with Gasteiger partial charge in [0.1, 0.15) is 0 Å². The number of benzene rings is 2. The Kier molecular flexibility index (Phi) is 8.11. The number of Topliss-reactive ketones (excluding diaryl/α,β-unsaturated/α-hetero) is 1. The molecule has 0 bridgehead atoms. The molecule has 166 valence electrons. The average molecular weight is 450 g/mol. The van der Waals surface area contributed by atoms with E-state index in [9.17, 15) is 27.9 Å². The van der Waals surface area contributed by atoms with Gasteiger partial charge in [-0.15, -0.1) is 0 Å². The average Bonchev–Trinajstić information content (AvgIpc) is 2.72. The fourth-order valence-electron chi connectivity index (χ4n) is 2.46. The van der Waals surface area contributed by atoms with E-state index in [1.807, 2.05) is 0 Å². The van der Waals surface area contributed by atoms with Gasteiger partial charge in [-0.05, 0) is 49.4 Å². The number of primary sulfonamides is 1. The van der Waals surface area contributed by atoms with Gasteiger partial charge in [0.25, 0.3) is 5.91 Å². The number of ether oxygens (including phenoxy) is 2. The molecule has 0 saturated carbocycles. The molecule has 1 amide bonds. The van der Waals surface area contributed by atoms with Crippen LogP contribution in [0.15, 0.2) is 47.4 Å². The van der Waals surface area contributed by atoms with Crippen LogP contribution in [0.3, 0.4) is 0 Å². The van der Waals surface area contributed by atoms with E-state index in [0.717, 1.165) is 0 Å². The minimum absolute atomic E-state index is 0.0943. The molecule has 0 aliphatic heterocycles. The van der Waals surface area contributed by atoms with Crippen molar-refractivity contribution in [1.29, 1.82) is 0 Å². The molecular weight excluding hydrogens is 428 g/mol. The van der Waals surface area contributed by atoms with E-state index >= 15 is 0 Å². The maximum absolute atomic E-state index is 12.2. The Morgan fingerprint density at radius 3 is 2.35 bits per heavy atom. The Hall–Kier alpha value is -3.44. The Morgan fingerprint density at radius 2 is 1.74 bits per heavy atom. The number of esters is 1. The van der Waals surface area contributed by atoms with Crippen LogP contribution in [0.4, 0.5) is 5.69 Å². The summed E-state index contributed by atoms with van der Waals surface area (Å²) in [4.78, 5) is 35.8. The first kappa shape index (κ1) is 23.8. The Balaban J connectivity index is 1.79. The second kappa shape index (κ2) is 10.5. The fraction of sp³-hybridized carbons (Fsp3) is 0.250. The van der Waals surface area contributed by atoms with Gasteiger partial charge in [-0.3, -0.25) is 14.4 Å². The van der Waals surface area contributed by atoms with Crippen LogP contribution in [0.1, 0.15) is 30.1 Å². The van der Waals surface area contributed by atoms with Gasteiger partial charge in [-0.1, -0.05) is 0 Å². The Labute approximate surface area is 179 Å². The summed E-state index contributed by atoms with van der Waals surface area (Å²) in [6, 6.07) is 9.27. The number of hydrogen-bond acceptors (Lipinski definition) is 8. The number of ketones is 1. The zero-order valence-electron chi connectivity index (χ0n) is 16.7. The molecule has 11 heteroatoms. The summed E-state index contributed by atoms with van der Waals surface area (Å²) in [7, 11) is -3.84. The number of hydrogen-bond donors (Lipinski definition) is 3. The van der Waals surface area contributed by atoms with E-state index in [4.69, 9.17) is 14.6 Å². The van der Waals surface area contributed by atoms with Gasteiger partial charge in [0.15, 0.2) is 23.9 Å². The summed E-state index contributed by atoms with van der Waals surface area (Å²) < 4.78 is 32.4. The number of anilines is 1. The second-order valence-electron chi connectivity index (χ2n) is 6.32. The summed E-state index contributed by atoms with van der Waals surface area (Å²) in [5.74, 6) is -1.65. The number of sulfonamides is 1. The third-order valence-corrected chi connectivity index (χ3v) is 4.90. The highest BCUT2D eigenvalue weighted by molar-refractivity contribution is 7.89. The van der Waals surface area contributed by atoms with Crippen LogP contribution in [0.25, 0.3) is 0 Å². The predicted molar refractivity (Wildman–Crippen MR) is 110 cm³/mol. The van der Waals surface area contributed by atoms with Crippen molar-refractivity contribution < 1.29 is 37.4 Å². The number of aromatic hydroxyl groups is 1. The molecule has 2 aromatic rings. The molecule has 0 aromatic heterocycles. The lowest BCUT2D eigenvalue weighted by Crippen LogP contribution is -2.21. The number of nitrogens with one attached hydrogen (secondary N) is 1. The molecular formula is C20H22N2O8S. The number of nitrogens with two attached hydrogens (primary N) is 1. The van der Waals surface area contributed by atoms with Gasteiger partial charge in [0.05, 0.1) is 17.9 Å². The van der Waals surface area contributed by atoms with Crippen LogP contribution >= 0.6 is 0 Å². The number of phenolic OH excluding ortho intramolecular Hbond substituents is 1. The third kappa shape index (κ3) is 7.39. The minimum Gasteiger partial charge on any atom is -0.504 e. The van der Waals surface area contributed by atoms with Crippen LogP contribution in [0, 0.1) is 0 Å². The number of rotatable bonds is 10.